The number of nitrogens with zero attached hydrogens (tertiary/aromatic N) is 1. The Morgan fingerprint density at radius 2 is 1.89 bits per heavy atom. The quantitative estimate of drug-likeness (QED) is 0.673. The van der Waals surface area contributed by atoms with E-state index >= 15 is 0 Å². The minimum atomic E-state index is -4.79. The topological polar surface area (TPSA) is 81.0 Å². The third-order valence-corrected chi connectivity index (χ3v) is 3.44. The van der Waals surface area contributed by atoms with E-state index in [4.69, 9.17) is 9.15 Å². The van der Waals surface area contributed by atoms with Gasteiger partial charge in [-0.3, -0.25) is 4.79 Å². The molecule has 1 aromatic carbocycles. The van der Waals surface area contributed by atoms with Gasteiger partial charge in [0.05, 0.1) is 25.8 Å². The lowest BCUT2D eigenvalue weighted by Gasteiger charge is -2.22. The normalized spacial score (nSPS) is 11.0. The number of furan rings is 1. The largest absolute Gasteiger partial charge is 0.573 e. The molecule has 0 radical (unpaired) electrons. The van der Waals surface area contributed by atoms with Crippen LogP contribution >= 0.6 is 0 Å². The van der Waals surface area contributed by atoms with Gasteiger partial charge in [0.25, 0.3) is 0 Å². The van der Waals surface area contributed by atoms with E-state index in [0.717, 1.165) is 12.1 Å². The fraction of sp³-hybridized carbons (Fsp3) is 0.333. The van der Waals surface area contributed by atoms with Gasteiger partial charge in [0.1, 0.15) is 11.5 Å². The highest BCUT2D eigenvalue weighted by Gasteiger charge is 2.31. The predicted molar refractivity (Wildman–Crippen MR) is 92.5 cm³/mol. The highest BCUT2D eigenvalue weighted by atomic mass is 19.4. The first-order valence-corrected chi connectivity index (χ1v) is 8.36. The zero-order chi connectivity index (χ0) is 20.6. The number of anilines is 1. The van der Waals surface area contributed by atoms with Crippen molar-refractivity contribution in [1.29, 1.82) is 0 Å². The van der Waals surface area contributed by atoms with Crippen LogP contribution in [-0.2, 0) is 16.1 Å². The van der Waals surface area contributed by atoms with Crippen molar-refractivity contribution < 1.29 is 36.7 Å². The van der Waals surface area contributed by atoms with Crippen molar-refractivity contribution in [2.24, 2.45) is 0 Å². The lowest BCUT2D eigenvalue weighted by atomic mass is 10.3. The van der Waals surface area contributed by atoms with Crippen molar-refractivity contribution in [3.05, 3.63) is 48.4 Å². The summed E-state index contributed by atoms with van der Waals surface area (Å²) in [5.74, 6) is -0.346. The third-order valence-electron chi connectivity index (χ3n) is 3.44. The van der Waals surface area contributed by atoms with E-state index in [-0.39, 0.29) is 31.8 Å². The zero-order valence-corrected chi connectivity index (χ0v) is 15.0. The van der Waals surface area contributed by atoms with Crippen LogP contribution in [0.5, 0.6) is 5.75 Å². The Labute approximate surface area is 159 Å². The number of alkyl halides is 3. The van der Waals surface area contributed by atoms with Crippen LogP contribution in [0.15, 0.2) is 47.1 Å². The molecule has 1 heterocycles. The summed E-state index contributed by atoms with van der Waals surface area (Å²) in [6.07, 6.45) is -3.35. The van der Waals surface area contributed by atoms with Gasteiger partial charge in [-0.15, -0.1) is 13.2 Å². The molecular formula is C18H19F3N2O5. The minimum absolute atomic E-state index is 0.0136. The average Bonchev–Trinajstić information content (AvgIpc) is 3.12. The van der Waals surface area contributed by atoms with Crippen LogP contribution in [0.4, 0.5) is 23.7 Å². The van der Waals surface area contributed by atoms with Crippen molar-refractivity contribution in [2.75, 3.05) is 18.5 Å². The molecule has 7 nitrogen and oxygen atoms in total. The van der Waals surface area contributed by atoms with Gasteiger partial charge in [0.2, 0.25) is 0 Å². The first-order valence-electron chi connectivity index (χ1n) is 8.36. The molecule has 1 N–H and O–H groups in total. The van der Waals surface area contributed by atoms with Gasteiger partial charge in [-0.05, 0) is 43.3 Å². The molecule has 0 saturated carbocycles. The van der Waals surface area contributed by atoms with Crippen molar-refractivity contribution in [1.82, 2.24) is 4.90 Å². The Bertz CT molecular complexity index is 761. The summed E-state index contributed by atoms with van der Waals surface area (Å²) in [7, 11) is 0. The summed E-state index contributed by atoms with van der Waals surface area (Å²) < 4.78 is 50.4. The van der Waals surface area contributed by atoms with Gasteiger partial charge < -0.3 is 24.1 Å². The van der Waals surface area contributed by atoms with E-state index in [2.05, 4.69) is 10.1 Å². The van der Waals surface area contributed by atoms with Crippen LogP contribution in [-0.4, -0.2) is 36.4 Å². The fourth-order valence-electron chi connectivity index (χ4n) is 2.24. The summed E-state index contributed by atoms with van der Waals surface area (Å²) in [6, 6.07) is 7.50. The minimum Gasteiger partial charge on any atom is -0.467 e. The molecule has 0 saturated heterocycles. The lowest BCUT2D eigenvalue weighted by Crippen LogP contribution is -2.36. The van der Waals surface area contributed by atoms with Crippen molar-refractivity contribution in [2.45, 2.75) is 26.3 Å². The number of halogens is 3. The van der Waals surface area contributed by atoms with Gasteiger partial charge in [-0.1, -0.05) is 0 Å². The van der Waals surface area contributed by atoms with E-state index in [1.165, 1.54) is 23.3 Å². The van der Waals surface area contributed by atoms with Crippen molar-refractivity contribution >= 4 is 17.7 Å². The molecule has 1 aromatic heterocycles. The standard InChI is InChI=1S/C18H19F3N2O5/c1-2-26-16(24)9-10-23(12-15-4-3-11-27-15)17(25)22-13-5-7-14(8-6-13)28-18(19,20)21/h3-8,11H,2,9-10,12H2,1H3,(H,22,25). The van der Waals surface area contributed by atoms with Gasteiger partial charge >= 0.3 is 18.4 Å². The van der Waals surface area contributed by atoms with Gasteiger partial charge in [-0.2, -0.15) is 0 Å². The van der Waals surface area contributed by atoms with Crippen LogP contribution in [0.2, 0.25) is 0 Å². The van der Waals surface area contributed by atoms with Crippen molar-refractivity contribution in [3.8, 4) is 5.75 Å². The van der Waals surface area contributed by atoms with Crippen LogP contribution in [0.25, 0.3) is 0 Å². The van der Waals surface area contributed by atoms with Crippen LogP contribution in [0.3, 0.4) is 0 Å². The first kappa shape index (κ1) is 21.1. The number of hydrogen-bond donors (Lipinski definition) is 1. The van der Waals surface area contributed by atoms with Crippen LogP contribution < -0.4 is 10.1 Å². The SMILES string of the molecule is CCOC(=O)CCN(Cc1ccco1)C(=O)Nc1ccc(OC(F)(F)F)cc1. The van der Waals surface area contributed by atoms with Gasteiger partial charge in [-0.25, -0.2) is 4.79 Å². The number of urea groups is 1. The third kappa shape index (κ3) is 7.22. The Morgan fingerprint density at radius 1 is 1.18 bits per heavy atom. The molecule has 0 aliphatic rings. The number of ether oxygens (including phenoxy) is 2. The Hall–Kier alpha value is -3.17. The molecule has 28 heavy (non-hydrogen) atoms. The fourth-order valence-corrected chi connectivity index (χ4v) is 2.24. The van der Waals surface area contributed by atoms with E-state index in [1.54, 1.807) is 19.1 Å². The van der Waals surface area contributed by atoms with E-state index in [0.29, 0.717) is 5.76 Å². The summed E-state index contributed by atoms with van der Waals surface area (Å²) in [4.78, 5) is 25.4. The van der Waals surface area contributed by atoms with E-state index in [9.17, 15) is 22.8 Å². The predicted octanol–water partition coefficient (Wildman–Crippen LogP) is 4.17. The molecule has 0 bridgehead atoms. The highest BCUT2D eigenvalue weighted by Crippen LogP contribution is 2.24. The number of rotatable bonds is 8. The molecular weight excluding hydrogens is 381 g/mol. The Balaban J connectivity index is 2.01. The Kier molecular flexibility index (Phi) is 7.30. The number of esters is 1. The smallest absolute Gasteiger partial charge is 0.467 e. The van der Waals surface area contributed by atoms with Crippen LogP contribution in [0.1, 0.15) is 19.1 Å². The maximum absolute atomic E-state index is 12.5. The molecule has 2 amide bonds. The maximum Gasteiger partial charge on any atom is 0.573 e. The summed E-state index contributed by atoms with van der Waals surface area (Å²) >= 11 is 0. The Morgan fingerprint density at radius 3 is 2.46 bits per heavy atom. The highest BCUT2D eigenvalue weighted by molar-refractivity contribution is 5.89. The molecule has 0 aliphatic carbocycles. The maximum atomic E-state index is 12.5. The molecule has 2 aromatic rings. The van der Waals surface area contributed by atoms with Gasteiger partial charge in [0, 0.05) is 12.2 Å². The number of carbonyl (C=O) groups is 2. The second-order valence-corrected chi connectivity index (χ2v) is 5.56. The summed E-state index contributed by atoms with van der Waals surface area (Å²) in [5.41, 5.74) is 0.264. The number of hydrogen-bond acceptors (Lipinski definition) is 5. The average molecular weight is 400 g/mol. The molecule has 0 aliphatic heterocycles. The van der Waals surface area contributed by atoms with E-state index < -0.39 is 24.1 Å². The lowest BCUT2D eigenvalue weighted by molar-refractivity contribution is -0.274. The monoisotopic (exact) mass is 400 g/mol. The number of nitrogens with one attached hydrogen (secondary N) is 1. The molecule has 0 spiro atoms. The van der Waals surface area contributed by atoms with Crippen molar-refractivity contribution in [3.63, 3.8) is 0 Å². The zero-order valence-electron chi connectivity index (χ0n) is 15.0. The number of amides is 2. The summed E-state index contributed by atoms with van der Waals surface area (Å²) in [5, 5.41) is 2.56. The summed E-state index contributed by atoms with van der Waals surface area (Å²) in [6.45, 7) is 2.08. The molecule has 0 atom stereocenters. The van der Waals surface area contributed by atoms with Crippen LogP contribution in [0, 0.1) is 0 Å². The molecule has 0 unspecified atom stereocenters. The van der Waals surface area contributed by atoms with Gasteiger partial charge in [0.15, 0.2) is 0 Å². The molecule has 152 valence electrons. The second kappa shape index (κ2) is 9.67. The molecule has 2 rings (SSSR count). The molecule has 10 heteroatoms. The van der Waals surface area contributed by atoms with E-state index in [1.807, 2.05) is 0 Å². The molecule has 0 fully saturated rings. The number of carbonyl (C=O) groups excluding carboxylic acids is 2. The first-order chi connectivity index (χ1) is 13.3. The second-order valence-electron chi connectivity index (χ2n) is 5.56. The number of benzene rings is 1.